The van der Waals surface area contributed by atoms with Crippen molar-refractivity contribution in [3.63, 3.8) is 0 Å². The number of rotatable bonds is 2. The second kappa shape index (κ2) is 5.92. The Morgan fingerprint density at radius 2 is 2.16 bits per heavy atom. The molecule has 1 saturated heterocycles. The summed E-state index contributed by atoms with van der Waals surface area (Å²) in [6.45, 7) is 1.11. The van der Waals surface area contributed by atoms with Crippen LogP contribution in [-0.4, -0.2) is 50.7 Å². The largest absolute Gasteiger partial charge is 0.527 e. The standard InChI is InChI=1S/C12H18N2O5/c1-17-11(15)13-10-5-3-4-8-6-14(7-9(8)10)19-12(16)18-2/h4,9-10H,3,5-7H2,1-2H3,(H,13,15). The van der Waals surface area contributed by atoms with E-state index >= 15 is 0 Å². The van der Waals surface area contributed by atoms with Gasteiger partial charge in [0.05, 0.1) is 20.8 Å². The molecular weight excluding hydrogens is 252 g/mol. The molecule has 0 aromatic heterocycles. The number of methoxy groups -OCH3 is 2. The summed E-state index contributed by atoms with van der Waals surface area (Å²) in [4.78, 5) is 27.4. The van der Waals surface area contributed by atoms with E-state index < -0.39 is 12.2 Å². The van der Waals surface area contributed by atoms with Gasteiger partial charge in [-0.1, -0.05) is 11.6 Å². The lowest BCUT2D eigenvalue weighted by atomic mass is 9.85. The number of hydrogen-bond donors (Lipinski definition) is 1. The molecule has 1 aliphatic heterocycles. The van der Waals surface area contributed by atoms with Crippen LogP contribution in [0.5, 0.6) is 0 Å². The number of alkyl carbamates (subject to hydrolysis) is 1. The fraction of sp³-hybridized carbons (Fsp3) is 0.667. The Labute approximate surface area is 111 Å². The quantitative estimate of drug-likeness (QED) is 0.597. The Kier molecular flexibility index (Phi) is 4.26. The van der Waals surface area contributed by atoms with Gasteiger partial charge in [0.2, 0.25) is 0 Å². The van der Waals surface area contributed by atoms with E-state index in [1.807, 2.05) is 0 Å². The molecular formula is C12H18N2O5. The van der Waals surface area contributed by atoms with E-state index in [1.54, 1.807) is 5.06 Å². The number of carbonyl (C=O) groups is 2. The SMILES string of the molecule is COC(=O)NC1CCC=C2CN(OC(=O)OC)CC21. The Morgan fingerprint density at radius 1 is 1.37 bits per heavy atom. The number of allylic oxidation sites excluding steroid dienone is 1. The van der Waals surface area contributed by atoms with Crippen LogP contribution in [0.1, 0.15) is 12.8 Å². The van der Waals surface area contributed by atoms with E-state index in [4.69, 9.17) is 4.84 Å². The van der Waals surface area contributed by atoms with Crippen LogP contribution in [-0.2, 0) is 14.3 Å². The first kappa shape index (κ1) is 13.7. The second-order valence-electron chi connectivity index (χ2n) is 4.57. The van der Waals surface area contributed by atoms with Crippen molar-refractivity contribution in [1.82, 2.24) is 10.4 Å². The minimum absolute atomic E-state index is 0.0127. The summed E-state index contributed by atoms with van der Waals surface area (Å²) in [5, 5.41) is 4.38. The molecule has 0 radical (unpaired) electrons. The van der Waals surface area contributed by atoms with Gasteiger partial charge in [-0.3, -0.25) is 0 Å². The van der Waals surface area contributed by atoms with Crippen LogP contribution < -0.4 is 5.32 Å². The smallest absolute Gasteiger partial charge is 0.453 e. The lowest BCUT2D eigenvalue weighted by molar-refractivity contribution is -0.109. The summed E-state index contributed by atoms with van der Waals surface area (Å²) in [5.41, 5.74) is 1.18. The summed E-state index contributed by atoms with van der Waals surface area (Å²) in [5.74, 6) is 0.150. The molecule has 1 aliphatic carbocycles. The van der Waals surface area contributed by atoms with Gasteiger partial charge in [-0.25, -0.2) is 9.59 Å². The van der Waals surface area contributed by atoms with Crippen LogP contribution in [0.25, 0.3) is 0 Å². The van der Waals surface area contributed by atoms with Crippen molar-refractivity contribution in [2.45, 2.75) is 18.9 Å². The van der Waals surface area contributed by atoms with E-state index in [-0.39, 0.29) is 12.0 Å². The highest BCUT2D eigenvalue weighted by atomic mass is 16.8. The maximum absolute atomic E-state index is 11.3. The summed E-state index contributed by atoms with van der Waals surface area (Å²) in [6, 6.07) is 0.0127. The number of carbonyl (C=O) groups excluding carboxylic acids is 2. The fourth-order valence-corrected chi connectivity index (χ4v) is 2.57. The van der Waals surface area contributed by atoms with Gasteiger partial charge in [-0.05, 0) is 12.8 Å². The van der Waals surface area contributed by atoms with Crippen LogP contribution in [0.2, 0.25) is 0 Å². The minimum Gasteiger partial charge on any atom is -0.453 e. The Morgan fingerprint density at radius 3 is 2.84 bits per heavy atom. The third kappa shape index (κ3) is 3.17. The summed E-state index contributed by atoms with van der Waals surface area (Å²) >= 11 is 0. The third-order valence-corrected chi connectivity index (χ3v) is 3.46. The monoisotopic (exact) mass is 270 g/mol. The van der Waals surface area contributed by atoms with Crippen LogP contribution in [0, 0.1) is 5.92 Å². The lowest BCUT2D eigenvalue weighted by Crippen LogP contribution is -2.43. The fourth-order valence-electron chi connectivity index (χ4n) is 2.57. The molecule has 1 heterocycles. The molecule has 19 heavy (non-hydrogen) atoms. The molecule has 2 atom stereocenters. The van der Waals surface area contributed by atoms with Gasteiger partial charge in [0.15, 0.2) is 0 Å². The van der Waals surface area contributed by atoms with Gasteiger partial charge in [0.1, 0.15) is 0 Å². The molecule has 0 aromatic carbocycles. The molecule has 7 nitrogen and oxygen atoms in total. The molecule has 1 amide bonds. The topological polar surface area (TPSA) is 77.1 Å². The summed E-state index contributed by atoms with van der Waals surface area (Å²) in [6.07, 6.45) is 2.73. The molecule has 7 heteroatoms. The Hall–Kier alpha value is -1.76. The summed E-state index contributed by atoms with van der Waals surface area (Å²) in [7, 11) is 2.61. The average molecular weight is 270 g/mol. The van der Waals surface area contributed by atoms with Crippen molar-refractivity contribution < 1.29 is 23.9 Å². The number of nitrogens with one attached hydrogen (secondary N) is 1. The molecule has 2 rings (SSSR count). The summed E-state index contributed by atoms with van der Waals surface area (Å²) < 4.78 is 9.08. The Bertz CT molecular complexity index is 396. The van der Waals surface area contributed by atoms with Crippen LogP contribution in [0.3, 0.4) is 0 Å². The van der Waals surface area contributed by atoms with Gasteiger partial charge in [-0.15, -0.1) is 5.06 Å². The minimum atomic E-state index is -0.725. The van der Waals surface area contributed by atoms with Gasteiger partial charge in [0.25, 0.3) is 0 Å². The molecule has 2 aliphatic rings. The van der Waals surface area contributed by atoms with Crippen molar-refractivity contribution >= 4 is 12.2 Å². The number of nitrogens with zero attached hydrogens (tertiary/aromatic N) is 1. The van der Waals surface area contributed by atoms with E-state index in [1.165, 1.54) is 19.8 Å². The van der Waals surface area contributed by atoms with Gasteiger partial charge < -0.3 is 19.6 Å². The number of hydroxylamine groups is 2. The highest BCUT2D eigenvalue weighted by Crippen LogP contribution is 2.32. The lowest BCUT2D eigenvalue weighted by Gasteiger charge is -2.27. The van der Waals surface area contributed by atoms with E-state index in [9.17, 15) is 9.59 Å². The Balaban J connectivity index is 1.97. The number of ether oxygens (including phenoxy) is 2. The molecule has 0 aromatic rings. The van der Waals surface area contributed by atoms with Gasteiger partial charge in [-0.2, -0.15) is 0 Å². The molecule has 0 bridgehead atoms. The zero-order chi connectivity index (χ0) is 13.8. The van der Waals surface area contributed by atoms with E-state index in [0.29, 0.717) is 13.1 Å². The molecule has 106 valence electrons. The predicted molar refractivity (Wildman–Crippen MR) is 65.2 cm³/mol. The second-order valence-corrected chi connectivity index (χ2v) is 4.57. The van der Waals surface area contributed by atoms with Crippen molar-refractivity contribution in [3.8, 4) is 0 Å². The number of hydrogen-bond acceptors (Lipinski definition) is 6. The van der Waals surface area contributed by atoms with E-state index in [2.05, 4.69) is 20.9 Å². The van der Waals surface area contributed by atoms with Gasteiger partial charge in [0, 0.05) is 18.5 Å². The van der Waals surface area contributed by atoms with Crippen LogP contribution in [0.4, 0.5) is 9.59 Å². The van der Waals surface area contributed by atoms with Crippen LogP contribution >= 0.6 is 0 Å². The van der Waals surface area contributed by atoms with Crippen LogP contribution in [0.15, 0.2) is 11.6 Å². The van der Waals surface area contributed by atoms with Crippen molar-refractivity contribution in [2.75, 3.05) is 27.3 Å². The first-order chi connectivity index (χ1) is 9.13. The molecule has 1 fully saturated rings. The maximum atomic E-state index is 11.3. The predicted octanol–water partition coefficient (Wildman–Crippen LogP) is 1.06. The number of amides is 1. The van der Waals surface area contributed by atoms with Gasteiger partial charge >= 0.3 is 12.2 Å². The molecule has 2 unspecified atom stereocenters. The van der Waals surface area contributed by atoms with Crippen molar-refractivity contribution in [1.29, 1.82) is 0 Å². The zero-order valence-corrected chi connectivity index (χ0v) is 11.0. The first-order valence-corrected chi connectivity index (χ1v) is 6.18. The molecule has 0 saturated carbocycles. The van der Waals surface area contributed by atoms with Crippen molar-refractivity contribution in [3.05, 3.63) is 11.6 Å². The molecule has 1 N–H and O–H groups in total. The average Bonchev–Trinajstić information content (AvgIpc) is 2.81. The normalized spacial score (nSPS) is 26.1. The number of fused-ring (bicyclic) bond motifs is 1. The van der Waals surface area contributed by atoms with E-state index in [0.717, 1.165) is 12.8 Å². The highest BCUT2D eigenvalue weighted by molar-refractivity contribution is 5.67. The zero-order valence-electron chi connectivity index (χ0n) is 11.0. The van der Waals surface area contributed by atoms with Crippen molar-refractivity contribution in [2.24, 2.45) is 5.92 Å². The highest BCUT2D eigenvalue weighted by Gasteiger charge is 2.38. The maximum Gasteiger partial charge on any atom is 0.527 e. The first-order valence-electron chi connectivity index (χ1n) is 6.18. The third-order valence-electron chi connectivity index (χ3n) is 3.46. The molecule has 0 spiro atoms.